The number of carboxylic acid groups (broad SMARTS) is 1. The van der Waals surface area contributed by atoms with Crippen molar-refractivity contribution in [1.82, 2.24) is 0 Å². The molecule has 1 saturated carbocycles. The Morgan fingerprint density at radius 2 is 2.07 bits per heavy atom. The molecule has 3 heteroatoms. The van der Waals surface area contributed by atoms with E-state index in [1.807, 2.05) is 0 Å². The number of carboxylic acids is 1. The summed E-state index contributed by atoms with van der Waals surface area (Å²) in [7, 11) is 0. The van der Waals surface area contributed by atoms with E-state index in [4.69, 9.17) is 9.84 Å². The first-order valence-electron chi connectivity index (χ1n) is 6.11. The van der Waals surface area contributed by atoms with Gasteiger partial charge in [-0.25, -0.2) is 0 Å². The summed E-state index contributed by atoms with van der Waals surface area (Å²) < 4.78 is 5.73. The van der Waals surface area contributed by atoms with Crippen LogP contribution in [0.2, 0.25) is 0 Å². The van der Waals surface area contributed by atoms with E-state index in [2.05, 4.69) is 0 Å². The number of hydrogen-bond acceptors (Lipinski definition) is 2. The zero-order valence-electron chi connectivity index (χ0n) is 9.15. The largest absolute Gasteiger partial charge is 0.481 e. The molecule has 2 atom stereocenters. The molecule has 2 rings (SSSR count). The average Bonchev–Trinajstić information content (AvgIpc) is 2.15. The maximum atomic E-state index is 10.8. The van der Waals surface area contributed by atoms with Crippen molar-refractivity contribution in [3.05, 3.63) is 0 Å². The Morgan fingerprint density at radius 3 is 2.53 bits per heavy atom. The molecule has 1 saturated heterocycles. The molecule has 0 aromatic heterocycles. The van der Waals surface area contributed by atoms with Gasteiger partial charge in [0, 0.05) is 6.61 Å². The molecule has 1 N–H and O–H groups in total. The molecule has 2 aliphatic rings. The maximum Gasteiger partial charge on any atom is 0.303 e. The fourth-order valence-electron chi connectivity index (χ4n) is 2.77. The van der Waals surface area contributed by atoms with E-state index in [0.717, 1.165) is 19.4 Å². The summed E-state index contributed by atoms with van der Waals surface area (Å²) in [5.74, 6) is 0.224. The standard InChI is InChI=1S/C12H20O3/c13-12(14)8-10(9-4-3-5-9)11-6-1-2-7-15-11/h9-11H,1-8H2,(H,13,14). The van der Waals surface area contributed by atoms with E-state index in [1.165, 1.54) is 25.7 Å². The van der Waals surface area contributed by atoms with Gasteiger partial charge in [0.05, 0.1) is 12.5 Å². The number of rotatable bonds is 4. The summed E-state index contributed by atoms with van der Waals surface area (Å²) >= 11 is 0. The van der Waals surface area contributed by atoms with Crippen molar-refractivity contribution in [2.45, 2.75) is 51.0 Å². The third kappa shape index (κ3) is 2.71. The van der Waals surface area contributed by atoms with Crippen LogP contribution in [-0.4, -0.2) is 23.8 Å². The number of aliphatic carboxylic acids is 1. The molecular formula is C12H20O3. The van der Waals surface area contributed by atoms with E-state index >= 15 is 0 Å². The van der Waals surface area contributed by atoms with E-state index in [1.54, 1.807) is 0 Å². The average molecular weight is 212 g/mol. The zero-order valence-corrected chi connectivity index (χ0v) is 9.15. The Bertz CT molecular complexity index is 217. The van der Waals surface area contributed by atoms with Crippen LogP contribution in [0.5, 0.6) is 0 Å². The Hall–Kier alpha value is -0.570. The van der Waals surface area contributed by atoms with Gasteiger partial charge in [0.25, 0.3) is 0 Å². The van der Waals surface area contributed by atoms with Gasteiger partial charge < -0.3 is 9.84 Å². The van der Waals surface area contributed by atoms with Crippen LogP contribution < -0.4 is 0 Å². The minimum absolute atomic E-state index is 0.222. The van der Waals surface area contributed by atoms with Crippen molar-refractivity contribution in [3.8, 4) is 0 Å². The highest BCUT2D eigenvalue weighted by atomic mass is 16.5. The number of carbonyl (C=O) groups is 1. The van der Waals surface area contributed by atoms with Crippen molar-refractivity contribution in [2.24, 2.45) is 11.8 Å². The van der Waals surface area contributed by atoms with Crippen LogP contribution in [-0.2, 0) is 9.53 Å². The second-order valence-electron chi connectivity index (χ2n) is 4.86. The monoisotopic (exact) mass is 212 g/mol. The Kier molecular flexibility index (Phi) is 3.62. The zero-order chi connectivity index (χ0) is 10.7. The van der Waals surface area contributed by atoms with Crippen molar-refractivity contribution >= 4 is 5.97 Å². The molecule has 15 heavy (non-hydrogen) atoms. The molecule has 1 aliphatic carbocycles. The van der Waals surface area contributed by atoms with Crippen LogP contribution in [0.3, 0.4) is 0 Å². The summed E-state index contributed by atoms with van der Waals surface area (Å²) in [6.07, 6.45) is 7.61. The van der Waals surface area contributed by atoms with Crippen LogP contribution in [0.1, 0.15) is 44.9 Å². The van der Waals surface area contributed by atoms with E-state index in [0.29, 0.717) is 12.3 Å². The summed E-state index contributed by atoms with van der Waals surface area (Å²) in [6, 6.07) is 0. The molecule has 86 valence electrons. The fraction of sp³-hybridized carbons (Fsp3) is 0.917. The smallest absolute Gasteiger partial charge is 0.303 e. The van der Waals surface area contributed by atoms with Gasteiger partial charge in [-0.05, 0) is 31.1 Å². The van der Waals surface area contributed by atoms with Gasteiger partial charge in [-0.3, -0.25) is 4.79 Å². The first-order valence-corrected chi connectivity index (χ1v) is 6.11. The van der Waals surface area contributed by atoms with Crippen molar-refractivity contribution in [2.75, 3.05) is 6.61 Å². The van der Waals surface area contributed by atoms with E-state index in [-0.39, 0.29) is 12.0 Å². The normalized spacial score (nSPS) is 29.5. The van der Waals surface area contributed by atoms with Gasteiger partial charge >= 0.3 is 5.97 Å². The summed E-state index contributed by atoms with van der Waals surface area (Å²) in [6.45, 7) is 0.827. The predicted molar refractivity (Wildman–Crippen MR) is 56.7 cm³/mol. The van der Waals surface area contributed by atoms with Crippen LogP contribution >= 0.6 is 0 Å². The third-order valence-corrected chi connectivity index (χ3v) is 3.86. The minimum Gasteiger partial charge on any atom is -0.481 e. The minimum atomic E-state index is -0.666. The van der Waals surface area contributed by atoms with Crippen LogP contribution in [0.15, 0.2) is 0 Å². The quantitative estimate of drug-likeness (QED) is 0.778. The molecule has 1 aliphatic heterocycles. The Labute approximate surface area is 90.8 Å². The molecule has 0 radical (unpaired) electrons. The number of ether oxygens (including phenoxy) is 1. The lowest BCUT2D eigenvalue weighted by atomic mass is 9.71. The molecule has 0 aromatic carbocycles. The third-order valence-electron chi connectivity index (χ3n) is 3.86. The first kappa shape index (κ1) is 10.9. The number of hydrogen-bond donors (Lipinski definition) is 1. The van der Waals surface area contributed by atoms with Crippen LogP contribution in [0.25, 0.3) is 0 Å². The second kappa shape index (κ2) is 4.97. The SMILES string of the molecule is O=C(O)CC(C1CCC1)C1CCCCO1. The Morgan fingerprint density at radius 1 is 1.27 bits per heavy atom. The molecule has 1 heterocycles. The molecule has 0 amide bonds. The molecule has 0 bridgehead atoms. The van der Waals surface area contributed by atoms with Gasteiger partial charge in [-0.1, -0.05) is 19.3 Å². The lowest BCUT2D eigenvalue weighted by molar-refractivity contribution is -0.142. The van der Waals surface area contributed by atoms with Gasteiger partial charge in [0.2, 0.25) is 0 Å². The molecule has 0 aromatic rings. The van der Waals surface area contributed by atoms with Gasteiger partial charge in [-0.15, -0.1) is 0 Å². The Balaban J connectivity index is 1.92. The molecule has 2 fully saturated rings. The van der Waals surface area contributed by atoms with Crippen molar-refractivity contribution in [3.63, 3.8) is 0 Å². The van der Waals surface area contributed by atoms with Crippen molar-refractivity contribution in [1.29, 1.82) is 0 Å². The van der Waals surface area contributed by atoms with Crippen LogP contribution in [0.4, 0.5) is 0 Å². The molecular weight excluding hydrogens is 192 g/mol. The lowest BCUT2D eigenvalue weighted by Gasteiger charge is -2.39. The highest BCUT2D eigenvalue weighted by Gasteiger charge is 2.35. The maximum absolute atomic E-state index is 10.8. The van der Waals surface area contributed by atoms with Gasteiger partial charge in [0.1, 0.15) is 0 Å². The summed E-state index contributed by atoms with van der Waals surface area (Å²) in [5.41, 5.74) is 0. The summed E-state index contributed by atoms with van der Waals surface area (Å²) in [4.78, 5) is 10.8. The second-order valence-corrected chi connectivity index (χ2v) is 4.86. The lowest BCUT2D eigenvalue weighted by Crippen LogP contribution is -2.37. The van der Waals surface area contributed by atoms with Gasteiger partial charge in [-0.2, -0.15) is 0 Å². The fourth-order valence-corrected chi connectivity index (χ4v) is 2.77. The van der Waals surface area contributed by atoms with E-state index in [9.17, 15) is 4.79 Å². The van der Waals surface area contributed by atoms with E-state index < -0.39 is 5.97 Å². The first-order chi connectivity index (χ1) is 7.27. The molecule has 3 nitrogen and oxygen atoms in total. The molecule has 0 spiro atoms. The van der Waals surface area contributed by atoms with Crippen molar-refractivity contribution < 1.29 is 14.6 Å². The molecule has 2 unspecified atom stereocenters. The van der Waals surface area contributed by atoms with Crippen LogP contribution in [0, 0.1) is 11.8 Å². The highest BCUT2D eigenvalue weighted by molar-refractivity contribution is 5.67. The summed E-state index contributed by atoms with van der Waals surface area (Å²) in [5, 5.41) is 8.93. The predicted octanol–water partition coefficient (Wildman–Crippen LogP) is 2.45. The highest BCUT2D eigenvalue weighted by Crippen LogP contribution is 2.39. The van der Waals surface area contributed by atoms with Gasteiger partial charge in [0.15, 0.2) is 0 Å². The topological polar surface area (TPSA) is 46.5 Å².